The Hall–Kier alpha value is -2.55. The number of aliphatic carboxylic acids is 1. The molecule has 264 valence electrons. The maximum atomic E-state index is 13.8. The molecule has 0 radical (unpaired) electrons. The molecule has 1 aromatic heterocycles. The molecule has 49 heavy (non-hydrogen) atoms. The van der Waals surface area contributed by atoms with E-state index in [-0.39, 0.29) is 53.8 Å². The second-order valence-corrected chi connectivity index (χ2v) is 13.6. The van der Waals surface area contributed by atoms with Gasteiger partial charge in [0.05, 0.1) is 12.0 Å². The predicted molar refractivity (Wildman–Crippen MR) is 193 cm³/mol. The number of nitrogens with zero attached hydrogens (tertiary/aromatic N) is 4. The number of amides is 1. The van der Waals surface area contributed by atoms with Crippen LogP contribution < -0.4 is 34.7 Å². The van der Waals surface area contributed by atoms with Gasteiger partial charge in [0.25, 0.3) is 0 Å². The van der Waals surface area contributed by atoms with E-state index in [4.69, 9.17) is 0 Å². The van der Waals surface area contributed by atoms with Gasteiger partial charge in [0.15, 0.2) is 5.82 Å². The maximum absolute atomic E-state index is 13.8. The van der Waals surface area contributed by atoms with Crippen molar-refractivity contribution in [1.82, 2.24) is 25.5 Å². The minimum absolute atomic E-state index is 0. The zero-order valence-corrected chi connectivity index (χ0v) is 33.1. The van der Waals surface area contributed by atoms with Gasteiger partial charge < -0.3 is 14.8 Å². The number of aromatic nitrogens is 4. The summed E-state index contributed by atoms with van der Waals surface area (Å²) in [6.07, 6.45) is 18.5. The van der Waals surface area contributed by atoms with E-state index >= 15 is 0 Å². The number of rotatable bonds is 25. The number of benzene rings is 2. The van der Waals surface area contributed by atoms with Gasteiger partial charge in [-0.25, -0.2) is 5.10 Å². The Labute approximate surface area is 317 Å². The van der Waals surface area contributed by atoms with E-state index in [1.165, 1.54) is 64.2 Å². The number of carbonyl (C=O) groups is 2. The summed E-state index contributed by atoms with van der Waals surface area (Å²) in [5, 5.41) is 27.4. The Morgan fingerprint density at radius 1 is 0.755 bits per heavy atom. The van der Waals surface area contributed by atoms with Crippen LogP contribution in [0.4, 0.5) is 0 Å². The summed E-state index contributed by atoms with van der Waals surface area (Å²) in [4.78, 5) is 28.4. The predicted octanol–water partition coefficient (Wildman–Crippen LogP) is 5.93. The summed E-state index contributed by atoms with van der Waals surface area (Å²) in [5.74, 6) is -0.633. The first kappa shape index (κ1) is 42.6. The molecule has 3 rings (SSSR count). The van der Waals surface area contributed by atoms with Gasteiger partial charge in [0.2, 0.25) is 5.91 Å². The summed E-state index contributed by atoms with van der Waals surface area (Å²) < 4.78 is 0. The first-order valence-electron chi connectivity index (χ1n) is 18.8. The van der Waals surface area contributed by atoms with E-state index in [0.29, 0.717) is 12.2 Å². The topological polar surface area (TPSA) is 115 Å². The molecule has 8 nitrogen and oxygen atoms in total. The molecule has 1 amide bonds. The first-order chi connectivity index (χ1) is 23.4. The van der Waals surface area contributed by atoms with Gasteiger partial charge in [-0.05, 0) is 45.4 Å². The Morgan fingerprint density at radius 2 is 1.31 bits per heavy atom. The van der Waals surface area contributed by atoms with Crippen molar-refractivity contribution in [2.24, 2.45) is 11.8 Å². The van der Waals surface area contributed by atoms with E-state index < -0.39 is 12.0 Å². The fourth-order valence-electron chi connectivity index (χ4n) is 6.94. The number of nitrogens with one attached hydrogen (secondary N) is 1. The van der Waals surface area contributed by atoms with Crippen molar-refractivity contribution < 1.29 is 44.3 Å². The number of aromatic amines is 1. The molecule has 1 N–H and O–H groups in total. The monoisotopic (exact) mass is 681 g/mol. The number of hydrogen-bond acceptors (Lipinski definition) is 6. The van der Waals surface area contributed by atoms with Gasteiger partial charge in [-0.15, -0.1) is 5.10 Å². The molecule has 1 heterocycles. The van der Waals surface area contributed by atoms with Crippen molar-refractivity contribution in [3.05, 3.63) is 54.1 Å². The fourth-order valence-corrected chi connectivity index (χ4v) is 6.94. The van der Waals surface area contributed by atoms with Gasteiger partial charge in [0.1, 0.15) is 0 Å². The number of H-pyrrole nitrogens is 1. The van der Waals surface area contributed by atoms with E-state index in [2.05, 4.69) is 48.3 Å². The molecule has 0 aliphatic heterocycles. The van der Waals surface area contributed by atoms with Crippen LogP contribution in [-0.4, -0.2) is 43.4 Å². The smallest absolute Gasteiger partial charge is 0.548 e. The molecule has 0 saturated carbocycles. The molecule has 2 atom stereocenters. The summed E-state index contributed by atoms with van der Waals surface area (Å²) in [5.41, 5.74) is 3.74. The third-order valence-corrected chi connectivity index (χ3v) is 9.89. The molecule has 1 unspecified atom stereocenters. The average Bonchev–Trinajstić information content (AvgIpc) is 3.64. The van der Waals surface area contributed by atoms with Gasteiger partial charge in [0, 0.05) is 18.5 Å². The zero-order valence-electron chi connectivity index (χ0n) is 31.1. The van der Waals surface area contributed by atoms with Crippen LogP contribution in [0.15, 0.2) is 48.5 Å². The van der Waals surface area contributed by atoms with Gasteiger partial charge in [-0.1, -0.05) is 173 Å². The zero-order chi connectivity index (χ0) is 34.6. The molecule has 0 fully saturated rings. The standard InChI is InChI=1S/C40H61N5O3.Na/c1-5-8-11-13-15-17-21-33(22-18-16-14-12-9-6-2)31(4)38(40(47)48)45(37(46)25-10-7-3)30-32-26-28-34(29-27-32)35-23-19-20-24-36(35)39-41-43-44-42-39;/h19-20,23-24,26-29,31,33,38H,5-18,21-22,25,30H2,1-4H3,(H,47,48)(H,41,42,43,44);/q;+1/p-1/t31?,38-;/m0./s1. The molecule has 9 heteroatoms. The van der Waals surface area contributed by atoms with Gasteiger partial charge in [-0.2, -0.15) is 0 Å². The SMILES string of the molecule is CCCCCCCCC(CCCCCCCC)C(C)[C@@H](C(=O)[O-])N(Cc1ccc(-c2ccccc2-c2nnn[nH]2)cc1)C(=O)CCCC.[Na+]. The fraction of sp³-hybridized carbons (Fsp3) is 0.625. The van der Waals surface area contributed by atoms with Crippen molar-refractivity contribution in [2.75, 3.05) is 0 Å². The Balaban J connectivity index is 0.00000833. The normalized spacial score (nSPS) is 12.4. The van der Waals surface area contributed by atoms with Crippen LogP contribution in [0, 0.1) is 11.8 Å². The van der Waals surface area contributed by atoms with Crippen molar-refractivity contribution in [1.29, 1.82) is 0 Å². The van der Waals surface area contributed by atoms with E-state index in [0.717, 1.165) is 60.8 Å². The summed E-state index contributed by atoms with van der Waals surface area (Å²) >= 11 is 0. The average molecular weight is 682 g/mol. The number of carbonyl (C=O) groups excluding carboxylic acids is 2. The summed E-state index contributed by atoms with van der Waals surface area (Å²) in [6, 6.07) is 15.0. The Kier molecular flexibility index (Phi) is 21.4. The molecule has 3 aromatic rings. The molecule has 0 spiro atoms. The Morgan fingerprint density at radius 3 is 1.84 bits per heavy atom. The number of carboxylic acid groups (broad SMARTS) is 1. The number of hydrogen-bond donors (Lipinski definition) is 1. The first-order valence-corrected chi connectivity index (χ1v) is 18.8. The Bertz CT molecular complexity index is 1300. The van der Waals surface area contributed by atoms with Crippen LogP contribution in [0.25, 0.3) is 22.5 Å². The summed E-state index contributed by atoms with van der Waals surface area (Å²) in [6.45, 7) is 8.81. The van der Waals surface area contributed by atoms with E-state index in [1.54, 1.807) is 4.90 Å². The number of carboxylic acids is 1. The third-order valence-electron chi connectivity index (χ3n) is 9.89. The second kappa shape index (κ2) is 24.6. The quantitative estimate of drug-likeness (QED) is 0.0877. The minimum Gasteiger partial charge on any atom is -0.548 e. The van der Waals surface area contributed by atoms with Crippen LogP contribution in [0.3, 0.4) is 0 Å². The van der Waals surface area contributed by atoms with E-state index in [9.17, 15) is 14.7 Å². The molecular weight excluding hydrogens is 621 g/mol. The van der Waals surface area contributed by atoms with Crippen LogP contribution >= 0.6 is 0 Å². The molecule has 0 bridgehead atoms. The molecule has 0 saturated heterocycles. The largest absolute Gasteiger partial charge is 1.00 e. The second-order valence-electron chi connectivity index (χ2n) is 13.6. The van der Waals surface area contributed by atoms with Gasteiger partial charge >= 0.3 is 29.6 Å². The number of unbranched alkanes of at least 4 members (excludes halogenated alkanes) is 11. The minimum atomic E-state index is -1.14. The van der Waals surface area contributed by atoms with Crippen molar-refractivity contribution in [2.45, 2.75) is 149 Å². The van der Waals surface area contributed by atoms with Crippen molar-refractivity contribution >= 4 is 11.9 Å². The van der Waals surface area contributed by atoms with Gasteiger partial charge in [-0.3, -0.25) is 4.79 Å². The van der Waals surface area contributed by atoms with E-state index in [1.807, 2.05) is 48.5 Å². The third kappa shape index (κ3) is 14.3. The van der Waals surface area contributed by atoms with Crippen molar-refractivity contribution in [3.63, 3.8) is 0 Å². The van der Waals surface area contributed by atoms with Crippen molar-refractivity contribution in [3.8, 4) is 22.5 Å². The molecule has 0 aliphatic rings. The molecule has 2 aromatic carbocycles. The molecule has 0 aliphatic carbocycles. The van der Waals surface area contributed by atoms with Crippen LogP contribution in [0.2, 0.25) is 0 Å². The summed E-state index contributed by atoms with van der Waals surface area (Å²) in [7, 11) is 0. The van der Waals surface area contributed by atoms with Crippen LogP contribution in [0.1, 0.15) is 142 Å². The number of tetrazole rings is 1. The van der Waals surface area contributed by atoms with Crippen LogP contribution in [0.5, 0.6) is 0 Å². The molecular formula is C40H60N5NaO3. The maximum Gasteiger partial charge on any atom is 1.00 e. The van der Waals surface area contributed by atoms with Crippen LogP contribution in [-0.2, 0) is 16.1 Å².